The number of amides is 1. The molecule has 0 radical (unpaired) electrons. The zero-order valence-electron chi connectivity index (χ0n) is 9.79. The van der Waals surface area contributed by atoms with Crippen molar-refractivity contribution in [3.05, 3.63) is 29.8 Å². The Morgan fingerprint density at radius 3 is 3.06 bits per heavy atom. The average molecular weight is 229 g/mol. The van der Waals surface area contributed by atoms with Crippen LogP contribution in [0.25, 0.3) is 0 Å². The van der Waals surface area contributed by atoms with Gasteiger partial charge in [0.05, 0.1) is 17.0 Å². The van der Waals surface area contributed by atoms with Gasteiger partial charge in [-0.2, -0.15) is 5.26 Å². The van der Waals surface area contributed by atoms with E-state index in [1.165, 1.54) is 0 Å². The predicted molar refractivity (Wildman–Crippen MR) is 65.4 cm³/mol. The molecule has 0 aliphatic carbocycles. The van der Waals surface area contributed by atoms with E-state index in [-0.39, 0.29) is 11.3 Å². The van der Waals surface area contributed by atoms with Crippen LogP contribution >= 0.6 is 0 Å². The van der Waals surface area contributed by atoms with E-state index in [1.54, 1.807) is 24.3 Å². The minimum absolute atomic E-state index is 0.0117. The summed E-state index contributed by atoms with van der Waals surface area (Å²) < 4.78 is 0. The molecule has 0 saturated carbocycles. The van der Waals surface area contributed by atoms with Crippen LogP contribution in [0.4, 0.5) is 5.69 Å². The molecule has 2 rings (SSSR count). The minimum Gasteiger partial charge on any atom is -0.326 e. The van der Waals surface area contributed by atoms with Crippen molar-refractivity contribution in [1.29, 1.82) is 5.26 Å². The molecular weight excluding hydrogens is 214 g/mol. The summed E-state index contributed by atoms with van der Waals surface area (Å²) in [5, 5.41) is 14.8. The Bertz CT molecular complexity index is 470. The summed E-state index contributed by atoms with van der Waals surface area (Å²) in [6.07, 6.45) is 0.844. The SMILES string of the molecule is CC1(C(=O)Nc2cccc(C#N)c2)CCNC1. The Labute approximate surface area is 101 Å². The van der Waals surface area contributed by atoms with Crippen LogP contribution in [0.3, 0.4) is 0 Å². The fraction of sp³-hybridized carbons (Fsp3) is 0.385. The van der Waals surface area contributed by atoms with Crippen molar-refractivity contribution in [3.8, 4) is 6.07 Å². The second-order valence-corrected chi connectivity index (χ2v) is 4.63. The maximum atomic E-state index is 12.1. The van der Waals surface area contributed by atoms with E-state index in [0.29, 0.717) is 17.8 Å². The van der Waals surface area contributed by atoms with E-state index in [2.05, 4.69) is 16.7 Å². The Morgan fingerprint density at radius 1 is 1.59 bits per heavy atom. The first-order valence-corrected chi connectivity index (χ1v) is 5.66. The van der Waals surface area contributed by atoms with Gasteiger partial charge in [-0.25, -0.2) is 0 Å². The van der Waals surface area contributed by atoms with E-state index in [0.717, 1.165) is 13.0 Å². The van der Waals surface area contributed by atoms with E-state index in [9.17, 15) is 4.79 Å². The highest BCUT2D eigenvalue weighted by Crippen LogP contribution is 2.26. The van der Waals surface area contributed by atoms with Crippen molar-refractivity contribution in [2.45, 2.75) is 13.3 Å². The lowest BCUT2D eigenvalue weighted by molar-refractivity contribution is -0.123. The molecule has 0 spiro atoms. The molecule has 1 aliphatic rings. The fourth-order valence-electron chi connectivity index (χ4n) is 1.96. The van der Waals surface area contributed by atoms with Crippen LogP contribution in [0, 0.1) is 16.7 Å². The molecule has 1 fully saturated rings. The lowest BCUT2D eigenvalue weighted by atomic mass is 9.88. The molecule has 17 heavy (non-hydrogen) atoms. The predicted octanol–water partition coefficient (Wildman–Crippen LogP) is 1.50. The van der Waals surface area contributed by atoms with Gasteiger partial charge in [-0.3, -0.25) is 4.79 Å². The molecule has 0 aromatic heterocycles. The quantitative estimate of drug-likeness (QED) is 0.807. The molecule has 1 amide bonds. The maximum absolute atomic E-state index is 12.1. The molecule has 88 valence electrons. The van der Waals surface area contributed by atoms with Gasteiger partial charge >= 0.3 is 0 Å². The highest BCUT2D eigenvalue weighted by atomic mass is 16.2. The summed E-state index contributed by atoms with van der Waals surface area (Å²) in [5.74, 6) is 0.0117. The Kier molecular flexibility index (Phi) is 3.12. The number of rotatable bonds is 2. The molecule has 1 aliphatic heterocycles. The molecule has 4 heteroatoms. The number of nitriles is 1. The number of anilines is 1. The number of hydrogen-bond acceptors (Lipinski definition) is 3. The second kappa shape index (κ2) is 4.56. The molecule has 4 nitrogen and oxygen atoms in total. The van der Waals surface area contributed by atoms with E-state index in [1.807, 2.05) is 6.92 Å². The zero-order valence-corrected chi connectivity index (χ0v) is 9.79. The summed E-state index contributed by atoms with van der Waals surface area (Å²) in [4.78, 5) is 12.1. The van der Waals surface area contributed by atoms with Crippen LogP contribution in [0.5, 0.6) is 0 Å². The fourth-order valence-corrected chi connectivity index (χ4v) is 1.96. The molecule has 1 heterocycles. The van der Waals surface area contributed by atoms with Gasteiger partial charge in [-0.05, 0) is 38.1 Å². The van der Waals surface area contributed by atoms with Crippen molar-refractivity contribution < 1.29 is 4.79 Å². The third-order valence-electron chi connectivity index (χ3n) is 3.17. The first-order valence-electron chi connectivity index (χ1n) is 5.66. The normalized spacial score (nSPS) is 23.1. The van der Waals surface area contributed by atoms with Crippen molar-refractivity contribution in [3.63, 3.8) is 0 Å². The summed E-state index contributed by atoms with van der Waals surface area (Å²) in [7, 11) is 0. The molecule has 2 N–H and O–H groups in total. The van der Waals surface area contributed by atoms with Gasteiger partial charge in [0, 0.05) is 12.2 Å². The zero-order chi connectivity index (χ0) is 12.3. The molecular formula is C13H15N3O. The molecule has 1 saturated heterocycles. The van der Waals surface area contributed by atoms with Crippen molar-refractivity contribution >= 4 is 11.6 Å². The van der Waals surface area contributed by atoms with Gasteiger partial charge in [0.15, 0.2) is 0 Å². The smallest absolute Gasteiger partial charge is 0.231 e. The van der Waals surface area contributed by atoms with Crippen LogP contribution in [-0.2, 0) is 4.79 Å². The maximum Gasteiger partial charge on any atom is 0.231 e. The van der Waals surface area contributed by atoms with Crippen molar-refractivity contribution in [2.75, 3.05) is 18.4 Å². The first-order chi connectivity index (χ1) is 8.14. The largest absolute Gasteiger partial charge is 0.326 e. The summed E-state index contributed by atoms with van der Waals surface area (Å²) in [5.41, 5.74) is 0.891. The third-order valence-corrected chi connectivity index (χ3v) is 3.17. The summed E-state index contributed by atoms with van der Waals surface area (Å²) in [6, 6.07) is 9.02. The van der Waals surface area contributed by atoms with Crippen LogP contribution in [0.1, 0.15) is 18.9 Å². The lowest BCUT2D eigenvalue weighted by Crippen LogP contribution is -2.35. The van der Waals surface area contributed by atoms with Gasteiger partial charge < -0.3 is 10.6 Å². The van der Waals surface area contributed by atoms with Gasteiger partial charge in [0.2, 0.25) is 5.91 Å². The number of nitrogens with one attached hydrogen (secondary N) is 2. The monoisotopic (exact) mass is 229 g/mol. The Hall–Kier alpha value is -1.86. The average Bonchev–Trinajstić information content (AvgIpc) is 2.78. The highest BCUT2D eigenvalue weighted by molar-refractivity contribution is 5.95. The van der Waals surface area contributed by atoms with Gasteiger partial charge in [0.25, 0.3) is 0 Å². The molecule has 1 aromatic rings. The molecule has 0 bridgehead atoms. The van der Waals surface area contributed by atoms with Gasteiger partial charge in [-0.15, -0.1) is 0 Å². The van der Waals surface area contributed by atoms with Gasteiger partial charge in [-0.1, -0.05) is 6.07 Å². The van der Waals surface area contributed by atoms with Crippen LogP contribution < -0.4 is 10.6 Å². The molecule has 1 atom stereocenters. The molecule has 1 aromatic carbocycles. The van der Waals surface area contributed by atoms with Crippen LogP contribution in [-0.4, -0.2) is 19.0 Å². The summed E-state index contributed by atoms with van der Waals surface area (Å²) in [6.45, 7) is 3.54. The topological polar surface area (TPSA) is 64.9 Å². The second-order valence-electron chi connectivity index (χ2n) is 4.63. The van der Waals surface area contributed by atoms with Crippen LogP contribution in [0.15, 0.2) is 24.3 Å². The van der Waals surface area contributed by atoms with Gasteiger partial charge in [0.1, 0.15) is 0 Å². The third kappa shape index (κ3) is 2.45. The number of carbonyl (C=O) groups is 1. The number of benzene rings is 1. The Balaban J connectivity index is 2.10. The van der Waals surface area contributed by atoms with Crippen molar-refractivity contribution in [2.24, 2.45) is 5.41 Å². The minimum atomic E-state index is -0.345. The van der Waals surface area contributed by atoms with E-state index >= 15 is 0 Å². The first kappa shape index (κ1) is 11.6. The number of carbonyl (C=O) groups excluding carboxylic acids is 1. The number of hydrogen-bond donors (Lipinski definition) is 2. The Morgan fingerprint density at radius 2 is 2.41 bits per heavy atom. The standard InChI is InChI=1S/C13H15N3O/c1-13(5-6-15-9-13)12(17)16-11-4-2-3-10(7-11)8-14/h2-4,7,15H,5-6,9H2,1H3,(H,16,17). The highest BCUT2D eigenvalue weighted by Gasteiger charge is 2.36. The summed E-state index contributed by atoms with van der Waals surface area (Å²) >= 11 is 0. The van der Waals surface area contributed by atoms with E-state index < -0.39 is 0 Å². The van der Waals surface area contributed by atoms with Crippen LogP contribution in [0.2, 0.25) is 0 Å². The molecule has 1 unspecified atom stereocenters. The van der Waals surface area contributed by atoms with E-state index in [4.69, 9.17) is 5.26 Å². The number of nitrogens with zero attached hydrogens (tertiary/aromatic N) is 1. The lowest BCUT2D eigenvalue weighted by Gasteiger charge is -2.21. The van der Waals surface area contributed by atoms with Crippen molar-refractivity contribution in [1.82, 2.24) is 5.32 Å².